The Morgan fingerprint density at radius 3 is 1.47 bits per heavy atom. The molecule has 0 amide bonds. The quantitative estimate of drug-likeness (QED) is 0.126. The van der Waals surface area contributed by atoms with Gasteiger partial charge in [-0.15, -0.1) is 0 Å². The molecular formula is C57H42GeNP. The molecule has 1 spiro atoms. The van der Waals surface area contributed by atoms with Crippen molar-refractivity contribution in [3.63, 3.8) is 0 Å². The second-order valence-electron chi connectivity index (χ2n) is 16.6. The summed E-state index contributed by atoms with van der Waals surface area (Å²) in [6.45, 7) is 4.50. The zero-order valence-corrected chi connectivity index (χ0v) is 36.7. The average Bonchev–Trinajstić information content (AvgIpc) is 3.60. The zero-order chi connectivity index (χ0) is 40.0. The molecule has 9 aromatic rings. The SMILES string of the molecule is Cc1ccc2c(c1)C1(c3ccccc3-c3ccccc31)c1cc(C)ccc1N2c1ccc2[c](c1)[Ge]([c]1ccccc1)([c]1ccccc1)[c]1ccccc1P2c1ccccc1. The van der Waals surface area contributed by atoms with Gasteiger partial charge in [-0.1, -0.05) is 0 Å². The van der Waals surface area contributed by atoms with E-state index in [4.69, 9.17) is 0 Å². The van der Waals surface area contributed by atoms with Crippen molar-refractivity contribution in [3.05, 3.63) is 252 Å². The van der Waals surface area contributed by atoms with Crippen molar-refractivity contribution >= 4 is 71.7 Å². The van der Waals surface area contributed by atoms with E-state index in [9.17, 15) is 0 Å². The van der Waals surface area contributed by atoms with Crippen molar-refractivity contribution in [2.75, 3.05) is 4.90 Å². The predicted octanol–water partition coefficient (Wildman–Crippen LogP) is 9.90. The van der Waals surface area contributed by atoms with E-state index in [1.807, 2.05) is 0 Å². The molecule has 9 aromatic carbocycles. The fraction of sp³-hybridized carbons (Fsp3) is 0.0526. The van der Waals surface area contributed by atoms with Crippen LogP contribution in [0.1, 0.15) is 33.4 Å². The maximum atomic E-state index is 2.64. The molecule has 284 valence electrons. The van der Waals surface area contributed by atoms with Crippen LogP contribution >= 0.6 is 7.92 Å². The summed E-state index contributed by atoms with van der Waals surface area (Å²) >= 11 is -3.70. The van der Waals surface area contributed by atoms with Gasteiger partial charge in [0.1, 0.15) is 0 Å². The molecule has 3 aliphatic rings. The number of nitrogens with zero attached hydrogens (tertiary/aromatic N) is 1. The Kier molecular flexibility index (Phi) is 8.11. The Morgan fingerprint density at radius 2 is 0.883 bits per heavy atom. The Morgan fingerprint density at radius 1 is 0.400 bits per heavy atom. The third kappa shape index (κ3) is 4.85. The summed E-state index contributed by atoms with van der Waals surface area (Å²) in [6, 6.07) is 84.1. The molecule has 1 unspecified atom stereocenters. The van der Waals surface area contributed by atoms with E-state index < -0.39 is 26.6 Å². The van der Waals surface area contributed by atoms with Crippen molar-refractivity contribution in [3.8, 4) is 11.1 Å². The van der Waals surface area contributed by atoms with Crippen LogP contribution in [0.4, 0.5) is 17.1 Å². The van der Waals surface area contributed by atoms with Crippen LogP contribution in [0.25, 0.3) is 11.1 Å². The van der Waals surface area contributed by atoms with E-state index in [0.29, 0.717) is 0 Å². The second-order valence-corrected chi connectivity index (χ2v) is 26.6. The molecule has 60 heavy (non-hydrogen) atoms. The van der Waals surface area contributed by atoms with Gasteiger partial charge in [-0.3, -0.25) is 0 Å². The average molecular weight is 845 g/mol. The van der Waals surface area contributed by atoms with Crippen LogP contribution in [0.3, 0.4) is 0 Å². The first-order chi connectivity index (χ1) is 29.6. The number of hydrogen-bond donors (Lipinski definition) is 0. The van der Waals surface area contributed by atoms with Crippen LogP contribution in [-0.4, -0.2) is 13.3 Å². The van der Waals surface area contributed by atoms with Gasteiger partial charge in [0.25, 0.3) is 0 Å². The third-order valence-electron chi connectivity index (χ3n) is 13.4. The van der Waals surface area contributed by atoms with Gasteiger partial charge in [0.2, 0.25) is 0 Å². The van der Waals surface area contributed by atoms with Crippen LogP contribution < -0.4 is 38.4 Å². The molecule has 0 aromatic heterocycles. The zero-order valence-electron chi connectivity index (χ0n) is 33.7. The first-order valence-electron chi connectivity index (χ1n) is 21.0. The summed E-state index contributed by atoms with van der Waals surface area (Å²) in [5, 5.41) is 4.37. The standard InChI is InChI=1S/C57H42GeNP/c1-39-30-33-53-49(36-39)57(47-26-14-12-24-45(47)46-25-13-15-27-48(46)57)50-37-40(2)31-34-54(50)59(53)43-32-35-56-52(38-43)58(41-18-6-3-7-19-41,42-20-8-4-9-21-42)51-28-16-17-29-55(51)60(56)44-22-10-5-11-23-44/h3-38H,1-2H3. The molecule has 1 aliphatic carbocycles. The fourth-order valence-electron chi connectivity index (χ4n) is 11.1. The molecule has 0 radical (unpaired) electrons. The Bertz CT molecular complexity index is 3000. The number of hydrogen-bond acceptors (Lipinski definition) is 1. The number of aryl methyl sites for hydroxylation is 2. The number of rotatable bonds is 4. The monoisotopic (exact) mass is 845 g/mol. The molecule has 2 heterocycles. The molecule has 0 saturated heterocycles. The first-order valence-corrected chi connectivity index (χ1v) is 26.6. The minimum absolute atomic E-state index is 0.461. The molecule has 0 bridgehead atoms. The second kappa shape index (κ2) is 13.6. The molecule has 2 aliphatic heterocycles. The van der Waals surface area contributed by atoms with Crippen molar-refractivity contribution in [2.24, 2.45) is 0 Å². The molecule has 1 nitrogen and oxygen atoms in total. The van der Waals surface area contributed by atoms with Crippen molar-refractivity contribution < 1.29 is 0 Å². The van der Waals surface area contributed by atoms with E-state index in [0.717, 1.165) is 0 Å². The summed E-state index contributed by atoms with van der Waals surface area (Å²) in [6.07, 6.45) is 0. The summed E-state index contributed by atoms with van der Waals surface area (Å²) in [5.74, 6) is 0. The Hall–Kier alpha value is -6.25. The molecule has 0 saturated carbocycles. The van der Waals surface area contributed by atoms with Gasteiger partial charge >= 0.3 is 359 Å². The molecule has 0 N–H and O–H groups in total. The van der Waals surface area contributed by atoms with E-state index in [1.165, 1.54) is 90.7 Å². The topological polar surface area (TPSA) is 3.24 Å². The third-order valence-corrected chi connectivity index (χ3v) is 27.1. The summed E-state index contributed by atoms with van der Waals surface area (Å²) in [7, 11) is -0.824. The molecule has 3 heteroatoms. The van der Waals surface area contributed by atoms with Crippen molar-refractivity contribution in [2.45, 2.75) is 19.3 Å². The fourth-order valence-corrected chi connectivity index (χ4v) is 26.9. The Balaban J connectivity index is 1.20. The van der Waals surface area contributed by atoms with Crippen LogP contribution in [0.5, 0.6) is 0 Å². The van der Waals surface area contributed by atoms with Crippen LogP contribution in [-0.2, 0) is 5.41 Å². The van der Waals surface area contributed by atoms with E-state index in [-0.39, 0.29) is 0 Å². The first kappa shape index (κ1) is 35.7. The van der Waals surface area contributed by atoms with E-state index in [1.54, 1.807) is 4.40 Å². The molecule has 12 rings (SSSR count). The Labute approximate surface area is 356 Å². The summed E-state index contributed by atoms with van der Waals surface area (Å²) < 4.78 is 5.98. The summed E-state index contributed by atoms with van der Waals surface area (Å²) in [5.41, 5.74) is 13.8. The van der Waals surface area contributed by atoms with Gasteiger partial charge in [0.05, 0.1) is 0 Å². The van der Waals surface area contributed by atoms with E-state index in [2.05, 4.69) is 237 Å². The van der Waals surface area contributed by atoms with Crippen LogP contribution in [0, 0.1) is 13.8 Å². The van der Waals surface area contributed by atoms with Crippen molar-refractivity contribution in [1.29, 1.82) is 0 Å². The van der Waals surface area contributed by atoms with E-state index >= 15 is 0 Å². The maximum absolute atomic E-state index is 3.70. The molecule has 1 atom stereocenters. The van der Waals surface area contributed by atoms with Crippen LogP contribution in [0.2, 0.25) is 0 Å². The number of benzene rings is 9. The normalized spacial score (nSPS) is 15.9. The molecule has 0 fully saturated rings. The van der Waals surface area contributed by atoms with Crippen LogP contribution in [0.15, 0.2) is 218 Å². The van der Waals surface area contributed by atoms with Crippen molar-refractivity contribution in [1.82, 2.24) is 0 Å². The number of anilines is 3. The number of fused-ring (bicyclic) bond motifs is 11. The van der Waals surface area contributed by atoms with Gasteiger partial charge in [-0.05, 0) is 0 Å². The molecular weight excluding hydrogens is 802 g/mol. The van der Waals surface area contributed by atoms with Gasteiger partial charge < -0.3 is 0 Å². The van der Waals surface area contributed by atoms with Gasteiger partial charge in [-0.2, -0.15) is 0 Å². The summed E-state index contributed by atoms with van der Waals surface area (Å²) in [4.78, 5) is 2.60. The minimum atomic E-state index is -3.70. The van der Waals surface area contributed by atoms with Gasteiger partial charge in [0.15, 0.2) is 0 Å². The predicted molar refractivity (Wildman–Crippen MR) is 257 cm³/mol. The van der Waals surface area contributed by atoms with Gasteiger partial charge in [0, 0.05) is 0 Å². The van der Waals surface area contributed by atoms with Gasteiger partial charge in [-0.25, -0.2) is 0 Å².